The van der Waals surface area contributed by atoms with Gasteiger partial charge in [0.25, 0.3) is 0 Å². The predicted octanol–water partition coefficient (Wildman–Crippen LogP) is 10.5. The molecule has 5 heterocycles. The van der Waals surface area contributed by atoms with Crippen LogP contribution < -0.4 is 38.2 Å². The number of rotatable bonds is 16. The summed E-state index contributed by atoms with van der Waals surface area (Å²) in [4.78, 5) is 35.9. The number of urea groups is 2. The second-order valence-corrected chi connectivity index (χ2v) is 21.0. The molecular weight excluding hydrogens is 1190 g/mol. The van der Waals surface area contributed by atoms with Crippen molar-refractivity contribution in [1.29, 1.82) is 0 Å². The van der Waals surface area contributed by atoms with Gasteiger partial charge >= 0.3 is 31.5 Å². The van der Waals surface area contributed by atoms with Gasteiger partial charge in [-0.3, -0.25) is 0 Å². The highest BCUT2D eigenvalue weighted by molar-refractivity contribution is 14.1. The minimum absolute atomic E-state index is 0.0265. The van der Waals surface area contributed by atoms with E-state index in [1.165, 1.54) is 22.0 Å². The van der Waals surface area contributed by atoms with Gasteiger partial charge in [0, 0.05) is 80.6 Å². The number of ether oxygens (including phenoxy) is 2. The number of nitrogens with one attached hydrogen (secondary N) is 4. The van der Waals surface area contributed by atoms with Gasteiger partial charge in [-0.1, -0.05) is 29.8 Å². The number of hydrogen-bond donors (Lipinski definition) is 8. The van der Waals surface area contributed by atoms with Crippen molar-refractivity contribution in [2.75, 3.05) is 112 Å². The van der Waals surface area contributed by atoms with Gasteiger partial charge in [-0.05, 0) is 174 Å². The summed E-state index contributed by atoms with van der Waals surface area (Å²) in [6, 6.07) is 17.0. The van der Waals surface area contributed by atoms with Crippen LogP contribution in [0.2, 0.25) is 0 Å². The average molecular weight is 1270 g/mol. The zero-order valence-corrected chi connectivity index (χ0v) is 50.5. The highest BCUT2D eigenvalue weighted by Gasteiger charge is 2.52. The molecule has 26 heteroatoms. The Bertz CT molecular complexity index is 2690. The fraction of sp³-hybridized carbons (Fsp3) is 0.500. The molecule has 82 heavy (non-hydrogen) atoms. The van der Waals surface area contributed by atoms with Crippen LogP contribution in [0.25, 0.3) is 11.1 Å². The van der Waals surface area contributed by atoms with E-state index < -0.39 is 55.6 Å². The third-order valence-corrected chi connectivity index (χ3v) is 13.2. The van der Waals surface area contributed by atoms with E-state index >= 15 is 0 Å². The Morgan fingerprint density at radius 2 is 1.10 bits per heavy atom. The van der Waals surface area contributed by atoms with Crippen LogP contribution in [0.15, 0.2) is 84.0 Å². The van der Waals surface area contributed by atoms with Crippen molar-refractivity contribution in [2.45, 2.75) is 106 Å². The average Bonchev–Trinajstić information content (AvgIpc) is 4.26. The first-order chi connectivity index (χ1) is 38.5. The van der Waals surface area contributed by atoms with Crippen molar-refractivity contribution >= 4 is 81.9 Å². The van der Waals surface area contributed by atoms with E-state index in [1.807, 2.05) is 87.4 Å². The van der Waals surface area contributed by atoms with E-state index in [1.54, 1.807) is 42.5 Å². The molecule has 10 N–H and O–H groups in total. The van der Waals surface area contributed by atoms with Crippen molar-refractivity contribution in [3.8, 4) is 11.1 Å². The number of hydrogen-bond acceptors (Lipinski definition) is 14. The first-order valence-electron chi connectivity index (χ1n) is 26.7. The van der Waals surface area contributed by atoms with Crippen LogP contribution in [0.4, 0.5) is 70.6 Å². The molecule has 2 aromatic carbocycles. The molecule has 7 rings (SSSR count). The number of amides is 4. The van der Waals surface area contributed by atoms with Gasteiger partial charge in [-0.15, -0.1) is 0 Å². The summed E-state index contributed by atoms with van der Waals surface area (Å²) >= 11 is 2.16. The second kappa shape index (κ2) is 33.4. The maximum absolute atomic E-state index is 12.6. The number of aromatic nitrogens is 2. The molecule has 0 aliphatic carbocycles. The predicted molar refractivity (Wildman–Crippen MR) is 321 cm³/mol. The highest BCUT2D eigenvalue weighted by Crippen LogP contribution is 2.37. The van der Waals surface area contributed by atoms with Gasteiger partial charge in [0.1, 0.15) is 23.3 Å². The maximum Gasteiger partial charge on any atom is 0.495 e. The molecule has 3 aliphatic heterocycles. The summed E-state index contributed by atoms with van der Waals surface area (Å²) in [5.41, 5.74) is 16.2. The minimum atomic E-state index is -4.29. The molecule has 3 aliphatic rings. The number of nitrogens with zero attached hydrogens (tertiary/aromatic N) is 4. The standard InChI is InChI=1S/C21H24F3N5O2.C20H26BF3N2O3.C7H10IN3O.2C4H10O/c1-13-2-3-16(27-20(31)29-6-4-14(12-29)11-21(22,23)24)10-17(13)15-8-18(25)28-19(9-15)26-5-7-30;1-13-6-7-15(10-16(13)21-28-18(2,3)19(4,5)29-21)25-17(27)26-9-8-14(12-26)11-20(22,23)24;8-5-3-6(9)11-7(4-5)10-1-2-12;2*1-3-5-4-2/h2-4,8-10,30H,5-7,11-12H2,1H3,(H,27,31)(H3,25,26,28);6-8,10H,9,11-12H2,1-5H3,(H,25,27);3-4,12H,1-2H2,(H3,9,10,11);2*3-4H2,1-2H3. The molecule has 2 aromatic heterocycles. The Labute approximate surface area is 491 Å². The van der Waals surface area contributed by atoms with Crippen LogP contribution in [-0.2, 0) is 18.8 Å². The Balaban J connectivity index is 0.000000317. The van der Waals surface area contributed by atoms with Gasteiger partial charge in [-0.2, -0.15) is 26.3 Å². The van der Waals surface area contributed by atoms with Crippen molar-refractivity contribution in [3.05, 3.63) is 98.7 Å². The van der Waals surface area contributed by atoms with Gasteiger partial charge < -0.3 is 71.5 Å². The normalized spacial score (nSPS) is 15.0. The monoisotopic (exact) mass is 1270 g/mol. The van der Waals surface area contributed by atoms with E-state index in [0.717, 1.165) is 57.7 Å². The molecule has 0 spiro atoms. The third-order valence-electron chi connectivity index (χ3n) is 12.6. The van der Waals surface area contributed by atoms with Crippen LogP contribution in [-0.4, -0.2) is 152 Å². The highest BCUT2D eigenvalue weighted by atomic mass is 127. The third kappa shape index (κ3) is 24.5. The van der Waals surface area contributed by atoms with Crippen LogP contribution in [0.5, 0.6) is 0 Å². The maximum atomic E-state index is 12.6. The van der Waals surface area contributed by atoms with Crippen molar-refractivity contribution in [3.63, 3.8) is 0 Å². The largest absolute Gasteiger partial charge is 0.495 e. The Kier molecular flexibility index (Phi) is 28.7. The summed E-state index contributed by atoms with van der Waals surface area (Å²) in [7, 11) is -0.566. The first-order valence-corrected chi connectivity index (χ1v) is 27.8. The summed E-state index contributed by atoms with van der Waals surface area (Å²) in [5.74, 6) is 2.00. The molecule has 0 saturated carbocycles. The number of anilines is 6. The number of halogens is 7. The lowest BCUT2D eigenvalue weighted by molar-refractivity contribution is -0.128. The molecule has 18 nitrogen and oxygen atoms in total. The van der Waals surface area contributed by atoms with Gasteiger partial charge in [-0.25, -0.2) is 19.6 Å². The lowest BCUT2D eigenvalue weighted by atomic mass is 9.76. The summed E-state index contributed by atoms with van der Waals surface area (Å²) in [5, 5.41) is 28.9. The molecule has 0 radical (unpaired) electrons. The van der Waals surface area contributed by atoms with Crippen molar-refractivity contribution in [2.24, 2.45) is 0 Å². The number of aliphatic hydroxyl groups is 2. The molecule has 4 amide bonds. The van der Waals surface area contributed by atoms with Crippen molar-refractivity contribution < 1.29 is 64.9 Å². The van der Waals surface area contributed by atoms with E-state index in [4.69, 9.17) is 40.5 Å². The van der Waals surface area contributed by atoms with Gasteiger partial charge in [0.2, 0.25) is 0 Å². The summed E-state index contributed by atoms with van der Waals surface area (Å²) < 4.78 is 98.2. The Morgan fingerprint density at radius 3 is 1.51 bits per heavy atom. The van der Waals surface area contributed by atoms with Crippen LogP contribution >= 0.6 is 22.6 Å². The van der Waals surface area contributed by atoms with Crippen LogP contribution in [0.1, 0.15) is 79.4 Å². The number of benzene rings is 2. The number of alkyl halides is 6. The van der Waals surface area contributed by atoms with E-state index in [0.29, 0.717) is 47.7 Å². The molecular formula is C56H80BF6IN10O8. The fourth-order valence-electron chi connectivity index (χ4n) is 7.85. The lowest BCUT2D eigenvalue weighted by Gasteiger charge is -2.32. The molecule has 1 fully saturated rings. The quantitative estimate of drug-likeness (QED) is 0.0225. The number of pyridine rings is 2. The summed E-state index contributed by atoms with van der Waals surface area (Å²) in [6.45, 7) is 24.1. The molecule has 454 valence electrons. The van der Waals surface area contributed by atoms with Crippen LogP contribution in [0, 0.1) is 17.4 Å². The number of nitrogen functional groups attached to an aromatic ring is 2. The molecule has 4 aromatic rings. The molecule has 1 saturated heterocycles. The topological polar surface area (TPSA) is 244 Å². The molecule has 0 unspecified atom stereocenters. The number of carbonyl (C=O) groups is 2. The first kappa shape index (κ1) is 70.4. The Hall–Kier alpha value is -5.91. The van der Waals surface area contributed by atoms with Gasteiger partial charge in [0.05, 0.1) is 37.3 Å². The molecule has 0 bridgehead atoms. The number of aliphatic hydroxyl groups excluding tert-OH is 2. The zero-order chi connectivity index (χ0) is 61.4. The van der Waals surface area contributed by atoms with Gasteiger partial charge in [0.15, 0.2) is 0 Å². The lowest BCUT2D eigenvalue weighted by Crippen LogP contribution is -2.41. The van der Waals surface area contributed by atoms with Crippen molar-refractivity contribution in [1.82, 2.24) is 19.8 Å². The smallest absolute Gasteiger partial charge is 0.399 e. The zero-order valence-electron chi connectivity index (χ0n) is 48.3. The van der Waals surface area contributed by atoms with Crippen LogP contribution in [0.3, 0.4) is 0 Å². The molecule has 0 atom stereocenters. The number of carbonyl (C=O) groups excluding carboxylic acids is 2. The Morgan fingerprint density at radius 1 is 0.671 bits per heavy atom. The summed E-state index contributed by atoms with van der Waals surface area (Å²) in [6.07, 6.45) is -7.67. The fourth-order valence-corrected chi connectivity index (χ4v) is 8.46. The SMILES string of the molecule is CCOCC.CCOCC.Cc1ccc(NC(=O)N2CC=C(CC(F)(F)F)C2)cc1-c1cc(N)nc(NCCO)c1.Cc1ccc(NC(=O)N2CC=C(CC(F)(F)F)C2)cc1B1OC(C)(C)C(C)(C)O1.Nc1cc(I)cc(NCCO)n1. The van der Waals surface area contributed by atoms with E-state index in [2.05, 4.69) is 53.8 Å². The minimum Gasteiger partial charge on any atom is -0.399 e. The van der Waals surface area contributed by atoms with E-state index in [-0.39, 0.29) is 50.5 Å². The number of nitrogens with two attached hydrogens (primary N) is 2. The second-order valence-electron chi connectivity index (χ2n) is 19.7. The van der Waals surface area contributed by atoms with E-state index in [9.17, 15) is 35.9 Å². The number of aryl methyl sites for hydroxylation is 2.